The zero-order valence-electron chi connectivity index (χ0n) is 13.4. The first-order valence-electron chi connectivity index (χ1n) is 8.41. The van der Waals surface area contributed by atoms with Gasteiger partial charge in [0.15, 0.2) is 0 Å². The van der Waals surface area contributed by atoms with E-state index in [1.54, 1.807) is 12.1 Å². The number of nitrogens with one attached hydrogen (secondary N) is 1. The molecule has 118 valence electrons. The molecule has 2 unspecified atom stereocenters. The van der Waals surface area contributed by atoms with Gasteiger partial charge in [-0.2, -0.15) is 0 Å². The summed E-state index contributed by atoms with van der Waals surface area (Å²) < 4.78 is 14.0. The van der Waals surface area contributed by atoms with Gasteiger partial charge in [-0.15, -0.1) is 0 Å². The third-order valence-corrected chi connectivity index (χ3v) is 4.40. The molecular weight excluding hydrogens is 263 g/mol. The number of nitrogens with zero attached hydrogens (tertiary/aromatic N) is 1. The minimum atomic E-state index is -0.0851. The van der Waals surface area contributed by atoms with Crippen molar-refractivity contribution in [3.8, 4) is 0 Å². The molecule has 0 spiro atoms. The fraction of sp³-hybridized carbons (Fsp3) is 0.667. The summed E-state index contributed by atoms with van der Waals surface area (Å²) in [5, 5.41) is 3.51. The van der Waals surface area contributed by atoms with Crippen LogP contribution in [0.5, 0.6) is 0 Å². The number of halogens is 1. The van der Waals surface area contributed by atoms with Crippen molar-refractivity contribution in [1.82, 2.24) is 10.2 Å². The molecule has 1 N–H and O–H groups in total. The molecule has 2 nitrogen and oxygen atoms in total. The summed E-state index contributed by atoms with van der Waals surface area (Å²) in [7, 11) is 0. The summed E-state index contributed by atoms with van der Waals surface area (Å²) in [5.74, 6) is 0.715. The van der Waals surface area contributed by atoms with Crippen LogP contribution in [0.25, 0.3) is 0 Å². The Hall–Kier alpha value is -0.930. The third-order valence-electron chi connectivity index (χ3n) is 4.40. The Morgan fingerprint density at radius 2 is 2.19 bits per heavy atom. The first-order valence-corrected chi connectivity index (χ1v) is 8.41. The Bertz CT molecular complexity index is 421. The van der Waals surface area contributed by atoms with Crippen LogP contribution < -0.4 is 5.32 Å². The van der Waals surface area contributed by atoms with Crippen LogP contribution in [0.3, 0.4) is 0 Å². The molecule has 1 fully saturated rings. The second kappa shape index (κ2) is 8.50. The molecule has 1 aromatic carbocycles. The van der Waals surface area contributed by atoms with E-state index < -0.39 is 0 Å². The summed E-state index contributed by atoms with van der Waals surface area (Å²) in [4.78, 5) is 2.54. The van der Waals surface area contributed by atoms with Crippen LogP contribution in [0, 0.1) is 11.7 Å². The molecule has 1 aromatic rings. The molecular formula is C18H29FN2. The van der Waals surface area contributed by atoms with Crippen molar-refractivity contribution in [1.29, 1.82) is 0 Å². The van der Waals surface area contributed by atoms with Crippen LogP contribution in [0.15, 0.2) is 24.3 Å². The summed E-state index contributed by atoms with van der Waals surface area (Å²) in [6, 6.07) is 7.31. The van der Waals surface area contributed by atoms with Crippen LogP contribution in [0.1, 0.15) is 51.1 Å². The molecule has 3 heteroatoms. The highest BCUT2D eigenvalue weighted by molar-refractivity contribution is 5.21. The first kappa shape index (κ1) is 16.4. The van der Waals surface area contributed by atoms with Crippen LogP contribution in [0.4, 0.5) is 4.39 Å². The van der Waals surface area contributed by atoms with Gasteiger partial charge < -0.3 is 10.2 Å². The normalized spacial score (nSPS) is 21.4. The molecule has 1 heterocycles. The smallest absolute Gasteiger partial charge is 0.127 e. The maximum atomic E-state index is 14.0. The lowest BCUT2D eigenvalue weighted by Crippen LogP contribution is -2.37. The Balaban J connectivity index is 1.94. The van der Waals surface area contributed by atoms with Gasteiger partial charge in [-0.05, 0) is 57.3 Å². The first-order chi connectivity index (χ1) is 10.2. The molecule has 1 saturated heterocycles. The highest BCUT2D eigenvalue weighted by atomic mass is 19.1. The lowest BCUT2D eigenvalue weighted by Gasteiger charge is -2.32. The van der Waals surface area contributed by atoms with Crippen molar-refractivity contribution in [3.05, 3.63) is 35.6 Å². The van der Waals surface area contributed by atoms with E-state index in [0.717, 1.165) is 37.4 Å². The van der Waals surface area contributed by atoms with Crippen molar-refractivity contribution in [3.63, 3.8) is 0 Å². The molecule has 0 amide bonds. The van der Waals surface area contributed by atoms with Crippen LogP contribution in [0.2, 0.25) is 0 Å². The molecule has 21 heavy (non-hydrogen) atoms. The Morgan fingerprint density at radius 1 is 1.38 bits per heavy atom. The van der Waals surface area contributed by atoms with Gasteiger partial charge in [-0.3, -0.25) is 0 Å². The van der Waals surface area contributed by atoms with E-state index in [2.05, 4.69) is 24.1 Å². The molecule has 0 radical (unpaired) electrons. The quantitative estimate of drug-likeness (QED) is 0.817. The number of rotatable bonds is 7. The highest BCUT2D eigenvalue weighted by Crippen LogP contribution is 2.22. The van der Waals surface area contributed by atoms with E-state index in [0.29, 0.717) is 0 Å². The van der Waals surface area contributed by atoms with Crippen molar-refractivity contribution in [2.75, 3.05) is 26.2 Å². The standard InChI is InChI=1S/C18H29FN2/c1-3-11-20-18(16-8-4-5-9-17(16)19)10-13-21-12-6-7-15(2)14-21/h4-5,8-9,15,18,20H,3,6-7,10-14H2,1-2H3. The fourth-order valence-electron chi connectivity index (χ4n) is 3.25. The second-order valence-corrected chi connectivity index (χ2v) is 6.36. The maximum Gasteiger partial charge on any atom is 0.127 e. The van der Waals surface area contributed by atoms with Gasteiger partial charge in [0.25, 0.3) is 0 Å². The zero-order chi connectivity index (χ0) is 15.1. The molecule has 0 aromatic heterocycles. The van der Waals surface area contributed by atoms with Gasteiger partial charge in [0.05, 0.1) is 0 Å². The summed E-state index contributed by atoms with van der Waals surface area (Å²) in [6.07, 6.45) is 4.70. The predicted molar refractivity (Wildman–Crippen MR) is 86.9 cm³/mol. The molecule has 0 bridgehead atoms. The molecule has 1 aliphatic heterocycles. The van der Waals surface area contributed by atoms with E-state index in [-0.39, 0.29) is 11.9 Å². The highest BCUT2D eigenvalue weighted by Gasteiger charge is 2.19. The van der Waals surface area contributed by atoms with E-state index in [9.17, 15) is 4.39 Å². The van der Waals surface area contributed by atoms with Gasteiger partial charge in [0.2, 0.25) is 0 Å². The lowest BCUT2D eigenvalue weighted by molar-refractivity contribution is 0.175. The Kier molecular flexibility index (Phi) is 6.65. The fourth-order valence-corrected chi connectivity index (χ4v) is 3.25. The topological polar surface area (TPSA) is 15.3 Å². The lowest BCUT2D eigenvalue weighted by atomic mass is 9.98. The second-order valence-electron chi connectivity index (χ2n) is 6.36. The average Bonchev–Trinajstić information content (AvgIpc) is 2.48. The third kappa shape index (κ3) is 5.08. The summed E-state index contributed by atoms with van der Waals surface area (Å²) in [5.41, 5.74) is 0.816. The predicted octanol–water partition coefficient (Wildman–Crippen LogP) is 3.99. The molecule has 1 aliphatic rings. The van der Waals surface area contributed by atoms with Crippen LogP contribution in [-0.2, 0) is 0 Å². The minimum Gasteiger partial charge on any atom is -0.310 e. The number of hydrogen-bond acceptors (Lipinski definition) is 2. The van der Waals surface area contributed by atoms with E-state index >= 15 is 0 Å². The van der Waals surface area contributed by atoms with E-state index in [1.807, 2.05) is 12.1 Å². The van der Waals surface area contributed by atoms with Crippen molar-refractivity contribution in [2.45, 2.75) is 45.6 Å². The SMILES string of the molecule is CCCNC(CCN1CCCC(C)C1)c1ccccc1F. The number of benzene rings is 1. The minimum absolute atomic E-state index is 0.0851. The van der Waals surface area contributed by atoms with Crippen molar-refractivity contribution in [2.24, 2.45) is 5.92 Å². The zero-order valence-corrected chi connectivity index (χ0v) is 13.4. The number of hydrogen-bond donors (Lipinski definition) is 1. The van der Waals surface area contributed by atoms with Gasteiger partial charge in [-0.1, -0.05) is 32.0 Å². The molecule has 2 atom stereocenters. The van der Waals surface area contributed by atoms with Crippen molar-refractivity contribution >= 4 is 0 Å². The Labute approximate surface area is 128 Å². The van der Waals surface area contributed by atoms with Gasteiger partial charge in [0.1, 0.15) is 5.82 Å². The van der Waals surface area contributed by atoms with E-state index in [1.165, 1.54) is 25.9 Å². The van der Waals surface area contributed by atoms with Crippen molar-refractivity contribution < 1.29 is 4.39 Å². The summed E-state index contributed by atoms with van der Waals surface area (Å²) >= 11 is 0. The maximum absolute atomic E-state index is 14.0. The van der Waals surface area contributed by atoms with Crippen LogP contribution in [-0.4, -0.2) is 31.1 Å². The molecule has 2 rings (SSSR count). The molecule has 0 saturated carbocycles. The molecule has 0 aliphatic carbocycles. The van der Waals surface area contributed by atoms with Gasteiger partial charge in [-0.25, -0.2) is 4.39 Å². The van der Waals surface area contributed by atoms with E-state index in [4.69, 9.17) is 0 Å². The number of piperidine rings is 1. The number of likely N-dealkylation sites (tertiary alicyclic amines) is 1. The van der Waals surface area contributed by atoms with Gasteiger partial charge >= 0.3 is 0 Å². The average molecular weight is 292 g/mol. The van der Waals surface area contributed by atoms with Gasteiger partial charge in [0, 0.05) is 18.2 Å². The van der Waals surface area contributed by atoms with Crippen LogP contribution >= 0.6 is 0 Å². The monoisotopic (exact) mass is 292 g/mol. The largest absolute Gasteiger partial charge is 0.310 e. The summed E-state index contributed by atoms with van der Waals surface area (Å²) in [6.45, 7) is 8.86. The Morgan fingerprint density at radius 3 is 2.90 bits per heavy atom.